The summed E-state index contributed by atoms with van der Waals surface area (Å²) in [5, 5.41) is 9.01. The van der Waals surface area contributed by atoms with Gasteiger partial charge in [-0.3, -0.25) is 4.72 Å². The van der Waals surface area contributed by atoms with E-state index in [1.807, 2.05) is 24.3 Å². The van der Waals surface area contributed by atoms with Crippen molar-refractivity contribution in [2.75, 3.05) is 4.72 Å². The minimum absolute atomic E-state index is 0.206. The molecule has 0 aliphatic carbocycles. The third-order valence-corrected chi connectivity index (χ3v) is 6.43. The smallest absolute Gasteiger partial charge is 0.261 e. The summed E-state index contributed by atoms with van der Waals surface area (Å²) < 4.78 is 30.5. The van der Waals surface area contributed by atoms with Crippen LogP contribution in [0.4, 0.5) is 5.69 Å². The molecular formula is C24H22N4O2S. The second-order valence-electron chi connectivity index (χ2n) is 7.26. The number of rotatable bonds is 7. The zero-order valence-electron chi connectivity index (χ0n) is 17.1. The lowest BCUT2D eigenvalue weighted by molar-refractivity contribution is 0.601. The second-order valence-corrected chi connectivity index (χ2v) is 8.94. The topological polar surface area (TPSA) is 87.8 Å². The SMILES string of the molecule is CCCn1c(Cc2ccc(C#N)cc2)nc2c(NS(=O)(=O)c3ccccc3)cccc21. The fourth-order valence-electron chi connectivity index (χ4n) is 3.57. The predicted molar refractivity (Wildman–Crippen MR) is 121 cm³/mol. The van der Waals surface area contributed by atoms with Crippen molar-refractivity contribution in [3.8, 4) is 6.07 Å². The number of nitrogens with zero attached hydrogens (tertiary/aromatic N) is 3. The highest BCUT2D eigenvalue weighted by molar-refractivity contribution is 7.92. The molecule has 3 aromatic carbocycles. The average Bonchev–Trinajstić information content (AvgIpc) is 3.13. The van der Waals surface area contributed by atoms with Gasteiger partial charge < -0.3 is 4.57 Å². The van der Waals surface area contributed by atoms with E-state index in [0.717, 1.165) is 29.9 Å². The molecule has 0 saturated carbocycles. The Morgan fingerprint density at radius 3 is 2.42 bits per heavy atom. The van der Waals surface area contributed by atoms with Gasteiger partial charge in [0.2, 0.25) is 0 Å². The summed E-state index contributed by atoms with van der Waals surface area (Å²) in [6.07, 6.45) is 1.51. The number of benzene rings is 3. The molecule has 4 aromatic rings. The highest BCUT2D eigenvalue weighted by atomic mass is 32.2. The number of hydrogen-bond acceptors (Lipinski definition) is 4. The van der Waals surface area contributed by atoms with Crippen LogP contribution in [0.15, 0.2) is 77.7 Å². The zero-order valence-corrected chi connectivity index (χ0v) is 17.9. The quantitative estimate of drug-likeness (QED) is 0.460. The van der Waals surface area contributed by atoms with Gasteiger partial charge in [-0.15, -0.1) is 0 Å². The normalized spacial score (nSPS) is 11.4. The van der Waals surface area contributed by atoms with E-state index in [9.17, 15) is 8.42 Å². The van der Waals surface area contributed by atoms with Gasteiger partial charge in [0.25, 0.3) is 10.0 Å². The van der Waals surface area contributed by atoms with Gasteiger partial charge in [-0.05, 0) is 48.4 Å². The highest BCUT2D eigenvalue weighted by Crippen LogP contribution is 2.27. The van der Waals surface area contributed by atoms with E-state index in [4.69, 9.17) is 10.2 Å². The number of fused-ring (bicyclic) bond motifs is 1. The van der Waals surface area contributed by atoms with Crippen LogP contribution in [0.3, 0.4) is 0 Å². The largest absolute Gasteiger partial charge is 0.328 e. The van der Waals surface area contributed by atoms with Crippen molar-refractivity contribution in [1.29, 1.82) is 5.26 Å². The van der Waals surface area contributed by atoms with E-state index >= 15 is 0 Å². The number of aromatic nitrogens is 2. The van der Waals surface area contributed by atoms with E-state index < -0.39 is 10.0 Å². The number of aryl methyl sites for hydroxylation is 1. The minimum atomic E-state index is -3.72. The molecule has 7 heteroatoms. The van der Waals surface area contributed by atoms with Crippen molar-refractivity contribution < 1.29 is 8.42 Å². The van der Waals surface area contributed by atoms with Gasteiger partial charge in [0.1, 0.15) is 11.3 Å². The summed E-state index contributed by atoms with van der Waals surface area (Å²) in [4.78, 5) is 5.02. The molecule has 0 unspecified atom stereocenters. The van der Waals surface area contributed by atoms with Gasteiger partial charge in [-0.1, -0.05) is 43.3 Å². The molecule has 0 saturated heterocycles. The number of para-hydroxylation sites is 1. The van der Waals surface area contributed by atoms with Crippen LogP contribution in [0.1, 0.15) is 30.3 Å². The first kappa shape index (κ1) is 20.6. The maximum absolute atomic E-state index is 12.8. The summed E-state index contributed by atoms with van der Waals surface area (Å²) in [5.74, 6) is 0.855. The molecule has 0 radical (unpaired) electrons. The zero-order chi connectivity index (χ0) is 21.8. The monoisotopic (exact) mass is 430 g/mol. The first-order chi connectivity index (χ1) is 15.0. The van der Waals surface area contributed by atoms with Crippen LogP contribution in [0.2, 0.25) is 0 Å². The summed E-state index contributed by atoms with van der Waals surface area (Å²) in [5.41, 5.74) is 3.62. The highest BCUT2D eigenvalue weighted by Gasteiger charge is 2.19. The summed E-state index contributed by atoms with van der Waals surface area (Å²) in [7, 11) is -3.72. The number of nitriles is 1. The van der Waals surface area contributed by atoms with Gasteiger partial charge in [-0.2, -0.15) is 5.26 Å². The number of hydrogen-bond donors (Lipinski definition) is 1. The van der Waals surface area contributed by atoms with E-state index in [-0.39, 0.29) is 4.90 Å². The van der Waals surface area contributed by atoms with E-state index in [1.165, 1.54) is 0 Å². The van der Waals surface area contributed by atoms with Crippen LogP contribution in [0.5, 0.6) is 0 Å². The van der Waals surface area contributed by atoms with Crippen molar-refractivity contribution in [2.45, 2.75) is 31.2 Å². The van der Waals surface area contributed by atoms with E-state index in [0.29, 0.717) is 23.2 Å². The maximum Gasteiger partial charge on any atom is 0.261 e. The lowest BCUT2D eigenvalue weighted by atomic mass is 10.1. The van der Waals surface area contributed by atoms with Crippen LogP contribution < -0.4 is 4.72 Å². The minimum Gasteiger partial charge on any atom is -0.328 e. The van der Waals surface area contributed by atoms with Crippen LogP contribution in [0, 0.1) is 11.3 Å². The van der Waals surface area contributed by atoms with Crippen molar-refractivity contribution >= 4 is 26.7 Å². The fraction of sp³-hybridized carbons (Fsp3) is 0.167. The molecule has 6 nitrogen and oxygen atoms in total. The summed E-state index contributed by atoms with van der Waals surface area (Å²) >= 11 is 0. The number of nitrogens with one attached hydrogen (secondary N) is 1. The van der Waals surface area contributed by atoms with Gasteiger partial charge in [0, 0.05) is 13.0 Å². The van der Waals surface area contributed by atoms with Crippen molar-refractivity contribution in [3.63, 3.8) is 0 Å². The molecule has 156 valence electrons. The number of imidazole rings is 1. The third kappa shape index (κ3) is 4.30. The number of anilines is 1. The Hall–Kier alpha value is -3.63. The average molecular weight is 431 g/mol. The molecule has 1 heterocycles. The van der Waals surface area contributed by atoms with Crippen LogP contribution in [0.25, 0.3) is 11.0 Å². The van der Waals surface area contributed by atoms with E-state index in [1.54, 1.807) is 48.5 Å². The number of sulfonamides is 1. The Morgan fingerprint density at radius 2 is 1.74 bits per heavy atom. The molecule has 1 aromatic heterocycles. The maximum atomic E-state index is 12.8. The molecule has 0 atom stereocenters. The Morgan fingerprint density at radius 1 is 1.00 bits per heavy atom. The standard InChI is InChI=1S/C24H22N4O2S/c1-2-15-28-22-10-6-9-21(27-31(29,30)20-7-4-3-5-8-20)24(22)26-23(28)16-18-11-13-19(17-25)14-12-18/h3-14,27H,2,15-16H2,1H3. The second kappa shape index (κ2) is 8.62. The first-order valence-electron chi connectivity index (χ1n) is 10.1. The van der Waals surface area contributed by atoms with Gasteiger partial charge >= 0.3 is 0 Å². The molecule has 4 rings (SSSR count). The molecule has 0 aliphatic rings. The van der Waals surface area contributed by atoms with E-state index in [2.05, 4.69) is 22.3 Å². The van der Waals surface area contributed by atoms with Crippen molar-refractivity contribution in [2.24, 2.45) is 0 Å². The summed E-state index contributed by atoms with van der Waals surface area (Å²) in [6.45, 7) is 2.87. The molecule has 0 amide bonds. The summed E-state index contributed by atoms with van der Waals surface area (Å²) in [6, 6.07) is 23.4. The van der Waals surface area contributed by atoms with Crippen LogP contribution in [-0.2, 0) is 23.0 Å². The molecule has 0 spiro atoms. The molecule has 0 bridgehead atoms. The lowest BCUT2D eigenvalue weighted by Crippen LogP contribution is -2.13. The van der Waals surface area contributed by atoms with Gasteiger partial charge in [0.05, 0.1) is 27.7 Å². The Bertz CT molecular complexity index is 1350. The van der Waals surface area contributed by atoms with Crippen LogP contribution >= 0.6 is 0 Å². The Labute approximate surface area is 181 Å². The molecule has 1 N–H and O–H groups in total. The molecule has 0 fully saturated rings. The molecule has 0 aliphatic heterocycles. The first-order valence-corrected chi connectivity index (χ1v) is 11.5. The van der Waals surface area contributed by atoms with Gasteiger partial charge in [-0.25, -0.2) is 13.4 Å². The predicted octanol–water partition coefficient (Wildman–Crippen LogP) is 4.71. The van der Waals surface area contributed by atoms with Crippen molar-refractivity contribution in [1.82, 2.24) is 9.55 Å². The Balaban J connectivity index is 1.75. The van der Waals surface area contributed by atoms with Crippen LogP contribution in [-0.4, -0.2) is 18.0 Å². The van der Waals surface area contributed by atoms with Crippen molar-refractivity contribution in [3.05, 3.63) is 89.7 Å². The third-order valence-electron chi connectivity index (χ3n) is 5.05. The fourth-order valence-corrected chi connectivity index (χ4v) is 4.66. The molecule has 31 heavy (non-hydrogen) atoms. The van der Waals surface area contributed by atoms with Gasteiger partial charge in [0.15, 0.2) is 0 Å². The lowest BCUT2D eigenvalue weighted by Gasteiger charge is -2.10. The Kier molecular flexibility index (Phi) is 5.74. The molecular weight excluding hydrogens is 408 g/mol.